The van der Waals surface area contributed by atoms with Crippen LogP contribution in [0.2, 0.25) is 5.02 Å². The second kappa shape index (κ2) is 11.9. The van der Waals surface area contributed by atoms with Gasteiger partial charge in [-0.1, -0.05) is 57.4 Å². The van der Waals surface area contributed by atoms with Gasteiger partial charge in [0.25, 0.3) is 0 Å². The van der Waals surface area contributed by atoms with Crippen molar-refractivity contribution in [1.29, 1.82) is 0 Å². The van der Waals surface area contributed by atoms with E-state index >= 15 is 0 Å². The Morgan fingerprint density at radius 1 is 1.05 bits per heavy atom. The van der Waals surface area contributed by atoms with Crippen LogP contribution < -0.4 is 4.74 Å². The number of carbonyl (C=O) groups is 2. The third kappa shape index (κ3) is 6.57. The Balaban J connectivity index is 1.39. The summed E-state index contributed by atoms with van der Waals surface area (Å²) >= 11 is 9.51. The summed E-state index contributed by atoms with van der Waals surface area (Å²) in [7, 11) is -1.95. The van der Waals surface area contributed by atoms with E-state index in [-0.39, 0.29) is 37.4 Å². The number of nitrogens with zero attached hydrogens (tertiary/aromatic N) is 2. The van der Waals surface area contributed by atoms with Crippen molar-refractivity contribution < 1.29 is 22.7 Å². The molecule has 3 aromatic rings. The zero-order chi connectivity index (χ0) is 27.4. The average Bonchev–Trinajstić information content (AvgIpc) is 2.89. The number of likely N-dealkylation sites (N-methyl/N-ethyl adjacent to an activating group) is 1. The van der Waals surface area contributed by atoms with Crippen molar-refractivity contribution >= 4 is 49.2 Å². The van der Waals surface area contributed by atoms with Crippen molar-refractivity contribution in [2.24, 2.45) is 0 Å². The molecule has 200 valence electrons. The molecule has 1 fully saturated rings. The van der Waals surface area contributed by atoms with Gasteiger partial charge in [-0.15, -0.1) is 0 Å². The second-order valence-corrected chi connectivity index (χ2v) is 12.9. The second-order valence-electron chi connectivity index (χ2n) is 9.32. The average molecular weight is 620 g/mol. The van der Waals surface area contributed by atoms with Gasteiger partial charge in [-0.25, -0.2) is 8.42 Å². The highest BCUT2D eigenvalue weighted by molar-refractivity contribution is 9.10. The third-order valence-corrected chi connectivity index (χ3v) is 9.51. The van der Waals surface area contributed by atoms with Crippen LogP contribution in [0.15, 0.2) is 76.1 Å². The SMILES string of the molecule is Cc1ccc(S(=O)(=O)C2CCN(C(=O)C(=O)N(C)Cc3ccc(Br)cc3Oc3cccc(Cl)c3)CC2)cc1. The van der Waals surface area contributed by atoms with E-state index in [4.69, 9.17) is 16.3 Å². The highest BCUT2D eigenvalue weighted by Gasteiger charge is 2.35. The maximum absolute atomic E-state index is 13.0. The third-order valence-electron chi connectivity index (χ3n) is 6.51. The number of carbonyl (C=O) groups excluding carboxylic acids is 2. The zero-order valence-electron chi connectivity index (χ0n) is 21.1. The minimum atomic E-state index is -3.50. The van der Waals surface area contributed by atoms with Gasteiger partial charge in [0.05, 0.1) is 10.1 Å². The van der Waals surface area contributed by atoms with Gasteiger partial charge in [0, 0.05) is 41.7 Å². The van der Waals surface area contributed by atoms with Crippen molar-refractivity contribution in [3.05, 3.63) is 87.4 Å². The number of ether oxygens (including phenoxy) is 1. The first-order valence-electron chi connectivity index (χ1n) is 12.1. The van der Waals surface area contributed by atoms with Crippen molar-refractivity contribution in [2.75, 3.05) is 20.1 Å². The molecule has 4 rings (SSSR count). The first-order valence-corrected chi connectivity index (χ1v) is 14.8. The minimum Gasteiger partial charge on any atom is -0.457 e. The Morgan fingerprint density at radius 2 is 1.74 bits per heavy atom. The molecule has 0 saturated carbocycles. The Hall–Kier alpha value is -2.88. The van der Waals surface area contributed by atoms with Crippen molar-refractivity contribution in [3.8, 4) is 11.5 Å². The number of hydrogen-bond acceptors (Lipinski definition) is 5. The quantitative estimate of drug-likeness (QED) is 0.334. The molecule has 1 aliphatic rings. The van der Waals surface area contributed by atoms with Crippen LogP contribution in [0.1, 0.15) is 24.0 Å². The maximum Gasteiger partial charge on any atom is 0.312 e. The van der Waals surface area contributed by atoms with Crippen molar-refractivity contribution in [3.63, 3.8) is 0 Å². The number of halogens is 2. The molecule has 3 aromatic carbocycles. The molecule has 0 unspecified atom stereocenters. The minimum absolute atomic E-state index is 0.145. The van der Waals surface area contributed by atoms with E-state index in [1.807, 2.05) is 19.1 Å². The van der Waals surface area contributed by atoms with E-state index in [1.54, 1.807) is 61.6 Å². The van der Waals surface area contributed by atoms with Gasteiger partial charge in [-0.05, 0) is 62.2 Å². The molecule has 38 heavy (non-hydrogen) atoms. The van der Waals surface area contributed by atoms with E-state index in [1.165, 1.54) is 9.80 Å². The van der Waals surface area contributed by atoms with Crippen LogP contribution in [0.4, 0.5) is 0 Å². The molecule has 0 N–H and O–H groups in total. The van der Waals surface area contributed by atoms with Gasteiger partial charge >= 0.3 is 11.8 Å². The Kier molecular flexibility index (Phi) is 8.80. The summed E-state index contributed by atoms with van der Waals surface area (Å²) in [6.07, 6.45) is 0.562. The van der Waals surface area contributed by atoms with Gasteiger partial charge in [0.1, 0.15) is 11.5 Å². The number of amides is 2. The molecule has 0 atom stereocenters. The number of piperidine rings is 1. The monoisotopic (exact) mass is 618 g/mol. The van der Waals surface area contributed by atoms with Gasteiger partial charge < -0.3 is 14.5 Å². The Labute approximate surface area is 236 Å². The lowest BCUT2D eigenvalue weighted by Gasteiger charge is -2.32. The Morgan fingerprint density at radius 3 is 2.39 bits per heavy atom. The van der Waals surface area contributed by atoms with Gasteiger partial charge in [0.2, 0.25) is 0 Å². The first kappa shape index (κ1) is 28.1. The topological polar surface area (TPSA) is 84.0 Å². The summed E-state index contributed by atoms with van der Waals surface area (Å²) in [6.45, 7) is 2.45. The molecule has 2 amide bonds. The van der Waals surface area contributed by atoms with Crippen LogP contribution in [-0.4, -0.2) is 55.4 Å². The smallest absolute Gasteiger partial charge is 0.312 e. The normalized spacial score (nSPS) is 14.3. The van der Waals surface area contributed by atoms with E-state index in [9.17, 15) is 18.0 Å². The fraction of sp³-hybridized carbons (Fsp3) is 0.286. The van der Waals surface area contributed by atoms with Gasteiger partial charge in [0.15, 0.2) is 9.84 Å². The van der Waals surface area contributed by atoms with Crippen LogP contribution >= 0.6 is 27.5 Å². The lowest BCUT2D eigenvalue weighted by Crippen LogP contribution is -2.48. The molecule has 0 aliphatic carbocycles. The van der Waals surface area contributed by atoms with Crippen LogP contribution in [0, 0.1) is 6.92 Å². The first-order chi connectivity index (χ1) is 18.0. The summed E-state index contributed by atoms with van der Waals surface area (Å²) < 4.78 is 32.9. The molecule has 0 bridgehead atoms. The molecule has 10 heteroatoms. The van der Waals surface area contributed by atoms with E-state index < -0.39 is 26.9 Å². The van der Waals surface area contributed by atoms with E-state index in [2.05, 4.69) is 15.9 Å². The summed E-state index contributed by atoms with van der Waals surface area (Å²) in [6, 6.07) is 19.2. The number of hydrogen-bond donors (Lipinski definition) is 0. The zero-order valence-corrected chi connectivity index (χ0v) is 24.2. The summed E-state index contributed by atoms with van der Waals surface area (Å²) in [5, 5.41) is -0.0524. The van der Waals surface area contributed by atoms with Crippen LogP contribution in [0.25, 0.3) is 0 Å². The summed E-state index contributed by atoms with van der Waals surface area (Å²) in [5.74, 6) is -0.240. The number of aryl methyl sites for hydroxylation is 1. The molecule has 0 spiro atoms. The largest absolute Gasteiger partial charge is 0.457 e. The molecular formula is C28H28BrClN2O5S. The maximum atomic E-state index is 13.0. The highest BCUT2D eigenvalue weighted by atomic mass is 79.9. The molecule has 1 aliphatic heterocycles. The van der Waals surface area contributed by atoms with Crippen LogP contribution in [0.5, 0.6) is 11.5 Å². The van der Waals surface area contributed by atoms with Gasteiger partial charge in [-0.2, -0.15) is 0 Å². The van der Waals surface area contributed by atoms with Crippen LogP contribution in [0.3, 0.4) is 0 Å². The van der Waals surface area contributed by atoms with E-state index in [0.29, 0.717) is 22.1 Å². The predicted octanol–water partition coefficient (Wildman–Crippen LogP) is 5.63. The summed E-state index contributed by atoms with van der Waals surface area (Å²) in [4.78, 5) is 29.1. The number of sulfone groups is 1. The van der Waals surface area contributed by atoms with Crippen LogP contribution in [-0.2, 0) is 26.0 Å². The van der Waals surface area contributed by atoms with Crippen molar-refractivity contribution in [1.82, 2.24) is 9.80 Å². The van der Waals surface area contributed by atoms with E-state index in [0.717, 1.165) is 10.0 Å². The molecular weight excluding hydrogens is 592 g/mol. The molecule has 1 saturated heterocycles. The molecule has 7 nitrogen and oxygen atoms in total. The number of rotatable bonds is 6. The predicted molar refractivity (Wildman–Crippen MR) is 150 cm³/mol. The fourth-order valence-corrected chi connectivity index (χ4v) is 6.58. The lowest BCUT2D eigenvalue weighted by molar-refractivity contribution is -0.151. The fourth-order valence-electron chi connectivity index (χ4n) is 4.33. The molecule has 0 radical (unpaired) electrons. The molecule has 1 heterocycles. The van der Waals surface area contributed by atoms with Gasteiger partial charge in [-0.3, -0.25) is 9.59 Å². The van der Waals surface area contributed by atoms with Crippen molar-refractivity contribution in [2.45, 2.75) is 36.5 Å². The number of benzene rings is 3. The lowest BCUT2D eigenvalue weighted by atomic mass is 10.1. The number of likely N-dealkylation sites (tertiary alicyclic amines) is 1. The molecule has 0 aromatic heterocycles. The standard InChI is InChI=1S/C28H28BrClN2O5S/c1-19-6-10-24(11-7-19)38(35,36)25-12-14-32(15-13-25)28(34)27(33)31(2)18-20-8-9-21(29)16-26(20)37-23-5-3-4-22(30)17-23/h3-11,16-17,25H,12-15,18H2,1-2H3. The highest BCUT2D eigenvalue weighted by Crippen LogP contribution is 2.31. The Bertz CT molecular complexity index is 1440. The summed E-state index contributed by atoms with van der Waals surface area (Å²) in [5.41, 5.74) is 1.69.